The van der Waals surface area contributed by atoms with E-state index in [1.807, 2.05) is 0 Å². The third-order valence-electron chi connectivity index (χ3n) is 3.51. The summed E-state index contributed by atoms with van der Waals surface area (Å²) in [5, 5.41) is 3.33. The predicted molar refractivity (Wildman–Crippen MR) is 92.8 cm³/mol. The van der Waals surface area contributed by atoms with E-state index in [1.54, 1.807) is 0 Å². The summed E-state index contributed by atoms with van der Waals surface area (Å²) in [5.74, 6) is 2.41. The van der Waals surface area contributed by atoms with Crippen LogP contribution in [-0.4, -0.2) is 16.5 Å². The summed E-state index contributed by atoms with van der Waals surface area (Å²) in [7, 11) is 0. The minimum atomic E-state index is 0.600. The van der Waals surface area contributed by atoms with E-state index in [4.69, 9.17) is 4.98 Å². The van der Waals surface area contributed by atoms with Gasteiger partial charge in [0, 0.05) is 23.4 Å². The number of rotatable bonds is 5. The molecule has 1 aromatic heterocycles. The predicted octanol–water partition coefficient (Wildman–Crippen LogP) is 4.90. The first-order valence-corrected chi connectivity index (χ1v) is 8.80. The van der Waals surface area contributed by atoms with Crippen LogP contribution in [0.1, 0.15) is 42.8 Å². The summed E-state index contributed by atoms with van der Waals surface area (Å²) in [5.41, 5.74) is 2.39. The van der Waals surface area contributed by atoms with Crippen LogP contribution in [0.25, 0.3) is 0 Å². The molecule has 1 aliphatic rings. The lowest BCUT2D eigenvalue weighted by molar-refractivity contribution is 0.888. The minimum absolute atomic E-state index is 0.600. The minimum Gasteiger partial charge on any atom is -0.369 e. The van der Waals surface area contributed by atoms with Crippen molar-refractivity contribution in [3.05, 3.63) is 50.3 Å². The summed E-state index contributed by atoms with van der Waals surface area (Å²) in [6.45, 7) is 2.94. The molecule has 1 aliphatic carbocycles. The highest BCUT2D eigenvalue weighted by molar-refractivity contribution is 9.11. The Morgan fingerprint density at radius 2 is 1.86 bits per heavy atom. The maximum absolute atomic E-state index is 4.79. The first-order valence-electron chi connectivity index (χ1n) is 7.22. The lowest BCUT2D eigenvalue weighted by Crippen LogP contribution is -2.08. The molecule has 0 spiro atoms. The van der Waals surface area contributed by atoms with Crippen LogP contribution in [0, 0.1) is 0 Å². The van der Waals surface area contributed by atoms with Crippen molar-refractivity contribution < 1.29 is 0 Å². The molecular formula is C16H17Br2N3. The Morgan fingerprint density at radius 3 is 2.48 bits per heavy atom. The van der Waals surface area contributed by atoms with Crippen molar-refractivity contribution in [1.82, 2.24) is 9.97 Å². The highest BCUT2D eigenvalue weighted by atomic mass is 79.9. The fourth-order valence-electron chi connectivity index (χ4n) is 2.29. The molecule has 0 unspecified atom stereocenters. The maximum atomic E-state index is 4.79. The third-order valence-corrected chi connectivity index (χ3v) is 4.82. The van der Waals surface area contributed by atoms with Gasteiger partial charge in [-0.2, -0.15) is 0 Å². The van der Waals surface area contributed by atoms with E-state index in [9.17, 15) is 0 Å². The molecule has 1 N–H and O–H groups in total. The van der Waals surface area contributed by atoms with E-state index >= 15 is 0 Å². The van der Waals surface area contributed by atoms with Crippen molar-refractivity contribution in [3.63, 3.8) is 0 Å². The standard InChI is InChI=1S/C16H17Br2N3/c1-2-19-16-14(18)15(11-5-6-11)20-13(21-16)9-10-3-7-12(17)8-4-10/h3-4,7-8,11H,2,5-6,9H2,1H3,(H,19,20,21). The molecule has 0 aliphatic heterocycles. The second-order valence-corrected chi connectivity index (χ2v) is 7.00. The van der Waals surface area contributed by atoms with Gasteiger partial charge in [0.25, 0.3) is 0 Å². The Balaban J connectivity index is 1.91. The molecule has 2 aromatic rings. The number of halogens is 2. The Bertz CT molecular complexity index is 637. The van der Waals surface area contributed by atoms with Gasteiger partial charge in [-0.05, 0) is 53.4 Å². The van der Waals surface area contributed by atoms with Gasteiger partial charge < -0.3 is 5.32 Å². The largest absolute Gasteiger partial charge is 0.369 e. The number of nitrogens with one attached hydrogen (secondary N) is 1. The van der Waals surface area contributed by atoms with Gasteiger partial charge in [0.15, 0.2) is 0 Å². The van der Waals surface area contributed by atoms with Crippen LogP contribution in [0.2, 0.25) is 0 Å². The molecule has 1 aromatic carbocycles. The van der Waals surface area contributed by atoms with E-state index in [0.29, 0.717) is 5.92 Å². The highest BCUT2D eigenvalue weighted by Crippen LogP contribution is 2.43. The summed E-state index contributed by atoms with van der Waals surface area (Å²) >= 11 is 7.12. The summed E-state index contributed by atoms with van der Waals surface area (Å²) in [6, 6.07) is 8.33. The zero-order valence-corrected chi connectivity index (χ0v) is 15.0. The van der Waals surface area contributed by atoms with Crippen LogP contribution in [0.15, 0.2) is 33.2 Å². The van der Waals surface area contributed by atoms with Crippen LogP contribution < -0.4 is 5.32 Å². The van der Waals surface area contributed by atoms with Crippen LogP contribution in [0.5, 0.6) is 0 Å². The van der Waals surface area contributed by atoms with Crippen molar-refractivity contribution in [2.45, 2.75) is 32.1 Å². The second kappa shape index (κ2) is 6.44. The van der Waals surface area contributed by atoms with Crippen molar-refractivity contribution in [2.24, 2.45) is 0 Å². The van der Waals surface area contributed by atoms with E-state index < -0.39 is 0 Å². The molecule has 0 amide bonds. The fourth-order valence-corrected chi connectivity index (χ4v) is 3.19. The first kappa shape index (κ1) is 15.0. The average Bonchev–Trinajstić information content (AvgIpc) is 3.29. The normalized spacial score (nSPS) is 14.2. The molecule has 0 bridgehead atoms. The molecule has 1 heterocycles. The zero-order chi connectivity index (χ0) is 14.8. The van der Waals surface area contributed by atoms with Crippen LogP contribution in [-0.2, 0) is 6.42 Å². The number of nitrogens with zero attached hydrogens (tertiary/aromatic N) is 2. The number of benzene rings is 1. The van der Waals surface area contributed by atoms with Crippen LogP contribution >= 0.6 is 31.9 Å². The van der Waals surface area contributed by atoms with E-state index in [-0.39, 0.29) is 0 Å². The van der Waals surface area contributed by atoms with Gasteiger partial charge >= 0.3 is 0 Å². The van der Waals surface area contributed by atoms with E-state index in [2.05, 4.69) is 73.3 Å². The number of hydrogen-bond acceptors (Lipinski definition) is 3. The third kappa shape index (κ3) is 3.64. The molecule has 110 valence electrons. The van der Waals surface area contributed by atoms with Gasteiger partial charge in [-0.25, -0.2) is 9.97 Å². The fraction of sp³-hybridized carbons (Fsp3) is 0.375. The zero-order valence-electron chi connectivity index (χ0n) is 11.9. The molecule has 1 fully saturated rings. The Morgan fingerprint density at radius 1 is 1.14 bits per heavy atom. The molecule has 21 heavy (non-hydrogen) atoms. The molecule has 3 nitrogen and oxygen atoms in total. The van der Waals surface area contributed by atoms with E-state index in [1.165, 1.54) is 18.4 Å². The number of hydrogen-bond donors (Lipinski definition) is 1. The van der Waals surface area contributed by atoms with Crippen LogP contribution in [0.4, 0.5) is 5.82 Å². The van der Waals surface area contributed by atoms with E-state index in [0.717, 1.165) is 39.2 Å². The van der Waals surface area contributed by atoms with Gasteiger partial charge in [-0.15, -0.1) is 0 Å². The molecule has 3 rings (SSSR count). The average molecular weight is 411 g/mol. The second-order valence-electron chi connectivity index (χ2n) is 5.30. The maximum Gasteiger partial charge on any atom is 0.144 e. The molecule has 0 radical (unpaired) electrons. The van der Waals surface area contributed by atoms with Gasteiger partial charge in [-0.1, -0.05) is 28.1 Å². The topological polar surface area (TPSA) is 37.8 Å². The summed E-state index contributed by atoms with van der Waals surface area (Å²) in [4.78, 5) is 9.45. The molecule has 0 atom stereocenters. The molecule has 0 saturated heterocycles. The van der Waals surface area contributed by atoms with Crippen molar-refractivity contribution in [3.8, 4) is 0 Å². The van der Waals surface area contributed by atoms with Gasteiger partial charge in [0.1, 0.15) is 11.6 Å². The molecular weight excluding hydrogens is 394 g/mol. The Hall–Kier alpha value is -0.940. The quantitative estimate of drug-likeness (QED) is 0.761. The van der Waals surface area contributed by atoms with Gasteiger partial charge in [0.2, 0.25) is 0 Å². The summed E-state index contributed by atoms with van der Waals surface area (Å²) < 4.78 is 2.13. The lowest BCUT2D eigenvalue weighted by atomic mass is 10.1. The highest BCUT2D eigenvalue weighted by Gasteiger charge is 2.29. The van der Waals surface area contributed by atoms with Crippen LogP contribution in [0.3, 0.4) is 0 Å². The smallest absolute Gasteiger partial charge is 0.144 e. The monoisotopic (exact) mass is 409 g/mol. The Labute approximate surface area is 141 Å². The van der Waals surface area contributed by atoms with Crippen molar-refractivity contribution in [2.75, 3.05) is 11.9 Å². The summed E-state index contributed by atoms with van der Waals surface area (Å²) in [6.07, 6.45) is 3.23. The molecule has 1 saturated carbocycles. The number of anilines is 1. The SMILES string of the molecule is CCNc1nc(Cc2ccc(Br)cc2)nc(C2CC2)c1Br. The van der Waals surface area contributed by atoms with Crippen molar-refractivity contribution >= 4 is 37.7 Å². The first-order chi connectivity index (χ1) is 10.2. The Kier molecular flexibility index (Phi) is 4.60. The van der Waals surface area contributed by atoms with Crippen molar-refractivity contribution in [1.29, 1.82) is 0 Å². The molecule has 5 heteroatoms. The van der Waals surface area contributed by atoms with Gasteiger partial charge in [0.05, 0.1) is 10.2 Å². The lowest BCUT2D eigenvalue weighted by Gasteiger charge is -2.12. The number of aromatic nitrogens is 2. The van der Waals surface area contributed by atoms with Gasteiger partial charge in [-0.3, -0.25) is 0 Å².